The number of nitrogens with one attached hydrogen (secondary N) is 1. The quantitative estimate of drug-likeness (QED) is 0.807. The van der Waals surface area contributed by atoms with E-state index >= 15 is 0 Å². The Morgan fingerprint density at radius 2 is 2.33 bits per heavy atom. The molecule has 4 nitrogen and oxygen atoms in total. The van der Waals surface area contributed by atoms with Crippen LogP contribution < -0.4 is 5.32 Å². The first-order valence-electron chi connectivity index (χ1n) is 4.77. The summed E-state index contributed by atoms with van der Waals surface area (Å²) >= 11 is 0. The monoisotopic (exact) mass is 199 g/mol. The molecular formula is C11H11N4. The molecule has 0 saturated heterocycles. The molecule has 0 saturated carbocycles. The van der Waals surface area contributed by atoms with Crippen molar-refractivity contribution in [2.45, 2.75) is 6.42 Å². The molecule has 0 amide bonds. The Morgan fingerprint density at radius 1 is 1.33 bits per heavy atom. The van der Waals surface area contributed by atoms with Crippen molar-refractivity contribution in [3.63, 3.8) is 0 Å². The number of anilines is 1. The van der Waals surface area contributed by atoms with Crippen LogP contribution in [0.1, 0.15) is 5.56 Å². The zero-order chi connectivity index (χ0) is 10.3. The predicted octanol–water partition coefficient (Wildman–Crippen LogP) is 1.33. The number of hydrogen-bond acceptors (Lipinski definition) is 4. The van der Waals surface area contributed by atoms with E-state index in [4.69, 9.17) is 0 Å². The third-order valence-corrected chi connectivity index (χ3v) is 1.94. The molecule has 0 aliphatic carbocycles. The van der Waals surface area contributed by atoms with Crippen molar-refractivity contribution in [3.8, 4) is 0 Å². The maximum Gasteiger partial charge on any atom is 0.223 e. The van der Waals surface area contributed by atoms with Crippen molar-refractivity contribution in [1.82, 2.24) is 15.0 Å². The topological polar surface area (TPSA) is 50.7 Å². The van der Waals surface area contributed by atoms with Gasteiger partial charge in [0.1, 0.15) is 0 Å². The SMILES string of the molecule is [c]1ccnc(NCCc2cccnc2)n1. The van der Waals surface area contributed by atoms with Gasteiger partial charge in [-0.1, -0.05) is 6.07 Å². The summed E-state index contributed by atoms with van der Waals surface area (Å²) in [5.41, 5.74) is 1.20. The van der Waals surface area contributed by atoms with Crippen LogP contribution in [0.2, 0.25) is 0 Å². The Bertz CT molecular complexity index is 348. The lowest BCUT2D eigenvalue weighted by atomic mass is 10.2. The largest absolute Gasteiger partial charge is 0.354 e. The molecule has 0 bridgehead atoms. The smallest absolute Gasteiger partial charge is 0.223 e. The standard InChI is InChI=1S/C11H11N4/c1-3-10(9-12-5-1)4-8-15-11-13-6-2-7-14-11/h1-3,5-6,9H,4,8H2,(H,13,14,15). The zero-order valence-corrected chi connectivity index (χ0v) is 8.22. The van der Waals surface area contributed by atoms with Gasteiger partial charge in [-0.25, -0.2) is 9.97 Å². The number of pyridine rings is 1. The van der Waals surface area contributed by atoms with E-state index in [1.807, 2.05) is 18.3 Å². The van der Waals surface area contributed by atoms with Gasteiger partial charge in [0.05, 0.1) is 6.20 Å². The summed E-state index contributed by atoms with van der Waals surface area (Å²) in [4.78, 5) is 12.0. The summed E-state index contributed by atoms with van der Waals surface area (Å²) in [7, 11) is 0. The molecule has 75 valence electrons. The van der Waals surface area contributed by atoms with E-state index in [1.54, 1.807) is 18.5 Å². The first-order chi connectivity index (χ1) is 7.45. The van der Waals surface area contributed by atoms with Crippen molar-refractivity contribution < 1.29 is 0 Å². The first-order valence-corrected chi connectivity index (χ1v) is 4.77. The zero-order valence-electron chi connectivity index (χ0n) is 8.22. The van der Waals surface area contributed by atoms with E-state index in [-0.39, 0.29) is 0 Å². The van der Waals surface area contributed by atoms with Crippen LogP contribution in [0.4, 0.5) is 5.95 Å². The molecular weight excluding hydrogens is 188 g/mol. The van der Waals surface area contributed by atoms with Crippen molar-refractivity contribution in [2.24, 2.45) is 0 Å². The van der Waals surface area contributed by atoms with Crippen molar-refractivity contribution >= 4 is 5.95 Å². The van der Waals surface area contributed by atoms with E-state index in [0.717, 1.165) is 13.0 Å². The molecule has 2 aromatic heterocycles. The second-order valence-electron chi connectivity index (χ2n) is 3.05. The summed E-state index contributed by atoms with van der Waals surface area (Å²) < 4.78 is 0. The van der Waals surface area contributed by atoms with Crippen molar-refractivity contribution in [3.05, 3.63) is 48.5 Å². The van der Waals surface area contributed by atoms with E-state index in [1.165, 1.54) is 5.56 Å². The van der Waals surface area contributed by atoms with Crippen molar-refractivity contribution in [1.29, 1.82) is 0 Å². The van der Waals surface area contributed by atoms with Crippen LogP contribution in [0.5, 0.6) is 0 Å². The third kappa shape index (κ3) is 3.02. The van der Waals surface area contributed by atoms with Gasteiger partial charge in [0.25, 0.3) is 0 Å². The normalized spacial score (nSPS) is 9.87. The summed E-state index contributed by atoms with van der Waals surface area (Å²) in [6, 6.07) is 5.65. The Morgan fingerprint density at radius 3 is 3.07 bits per heavy atom. The minimum Gasteiger partial charge on any atom is -0.354 e. The minimum atomic E-state index is 0.612. The number of aromatic nitrogens is 3. The van der Waals surface area contributed by atoms with Crippen LogP contribution >= 0.6 is 0 Å². The van der Waals surface area contributed by atoms with Gasteiger partial charge < -0.3 is 5.32 Å². The fourth-order valence-electron chi connectivity index (χ4n) is 1.22. The second kappa shape index (κ2) is 5.05. The molecule has 0 aliphatic heterocycles. The van der Waals surface area contributed by atoms with Gasteiger partial charge in [-0.3, -0.25) is 4.98 Å². The molecule has 2 aromatic rings. The molecule has 0 aromatic carbocycles. The van der Waals surface area contributed by atoms with Gasteiger partial charge in [-0.15, -0.1) is 0 Å². The lowest BCUT2D eigenvalue weighted by molar-refractivity contribution is 0.973. The van der Waals surface area contributed by atoms with Gasteiger partial charge in [0.2, 0.25) is 5.95 Å². The highest BCUT2D eigenvalue weighted by atomic mass is 15.1. The number of nitrogens with zero attached hydrogens (tertiary/aromatic N) is 3. The van der Waals surface area contributed by atoms with E-state index in [0.29, 0.717) is 5.95 Å². The maximum absolute atomic E-state index is 4.05. The van der Waals surface area contributed by atoms with Crippen LogP contribution in [0.15, 0.2) is 36.8 Å². The fraction of sp³-hybridized carbons (Fsp3) is 0.182. The molecule has 0 atom stereocenters. The minimum absolute atomic E-state index is 0.612. The summed E-state index contributed by atoms with van der Waals surface area (Å²) in [5.74, 6) is 0.612. The molecule has 0 spiro atoms. The lowest BCUT2D eigenvalue weighted by Crippen LogP contribution is -2.07. The summed E-state index contributed by atoms with van der Waals surface area (Å²) in [6.07, 6.45) is 8.93. The molecule has 1 N–H and O–H groups in total. The van der Waals surface area contributed by atoms with E-state index in [2.05, 4.69) is 26.5 Å². The fourth-order valence-corrected chi connectivity index (χ4v) is 1.22. The highest BCUT2D eigenvalue weighted by Crippen LogP contribution is 1.98. The van der Waals surface area contributed by atoms with Crippen LogP contribution in [-0.4, -0.2) is 21.5 Å². The predicted molar refractivity (Wildman–Crippen MR) is 57.3 cm³/mol. The highest BCUT2D eigenvalue weighted by Gasteiger charge is 1.94. The van der Waals surface area contributed by atoms with Crippen LogP contribution in [0, 0.1) is 6.20 Å². The summed E-state index contributed by atoms with van der Waals surface area (Å²) in [6.45, 7) is 0.795. The Labute approximate surface area is 88.4 Å². The van der Waals surface area contributed by atoms with Gasteiger partial charge in [-0.2, -0.15) is 0 Å². The number of hydrogen-bond donors (Lipinski definition) is 1. The average molecular weight is 199 g/mol. The first kappa shape index (κ1) is 9.58. The Balaban J connectivity index is 1.81. The van der Waals surface area contributed by atoms with Gasteiger partial charge >= 0.3 is 0 Å². The van der Waals surface area contributed by atoms with E-state index < -0.39 is 0 Å². The molecule has 0 unspecified atom stereocenters. The van der Waals surface area contributed by atoms with Gasteiger partial charge in [0, 0.05) is 25.1 Å². The summed E-state index contributed by atoms with van der Waals surface area (Å²) in [5, 5.41) is 3.11. The molecule has 15 heavy (non-hydrogen) atoms. The Hall–Kier alpha value is -1.97. The molecule has 1 radical (unpaired) electrons. The van der Waals surface area contributed by atoms with Gasteiger partial charge in [0.15, 0.2) is 0 Å². The van der Waals surface area contributed by atoms with Crippen LogP contribution in [-0.2, 0) is 6.42 Å². The molecule has 4 heteroatoms. The molecule has 2 heterocycles. The van der Waals surface area contributed by atoms with E-state index in [9.17, 15) is 0 Å². The third-order valence-electron chi connectivity index (χ3n) is 1.94. The lowest BCUT2D eigenvalue weighted by Gasteiger charge is -2.03. The number of rotatable bonds is 4. The molecule has 0 aliphatic rings. The van der Waals surface area contributed by atoms with Gasteiger partial charge in [-0.05, 0) is 24.1 Å². The van der Waals surface area contributed by atoms with Crippen LogP contribution in [0.25, 0.3) is 0 Å². The Kier molecular flexibility index (Phi) is 3.22. The maximum atomic E-state index is 4.05. The molecule has 0 fully saturated rings. The van der Waals surface area contributed by atoms with Crippen LogP contribution in [0.3, 0.4) is 0 Å². The average Bonchev–Trinajstić information content (AvgIpc) is 2.32. The van der Waals surface area contributed by atoms with Crippen molar-refractivity contribution in [2.75, 3.05) is 11.9 Å². The second-order valence-corrected chi connectivity index (χ2v) is 3.05. The highest BCUT2D eigenvalue weighted by molar-refractivity contribution is 5.22. The molecule has 2 rings (SSSR count).